The van der Waals surface area contributed by atoms with Gasteiger partial charge < -0.3 is 27.9 Å². The summed E-state index contributed by atoms with van der Waals surface area (Å²) >= 11 is 0. The molecule has 0 aromatic rings. The van der Waals surface area contributed by atoms with Crippen molar-refractivity contribution in [1.82, 2.24) is 0 Å². The summed E-state index contributed by atoms with van der Waals surface area (Å²) in [6, 6.07) is 0. The molecule has 56 heavy (non-hydrogen) atoms. The molecule has 2 unspecified atom stereocenters. The third kappa shape index (κ3) is 41.6. The SMILES string of the molecule is CCCC/C=C\C/C=C\CCCCCCCC(=O)OCC(COP(=O)([O-])OCC[N+](C)(C)C)OC(=O)CCCCCCCCC/C=C\C/C=C\CCCCCC. The van der Waals surface area contributed by atoms with Crippen molar-refractivity contribution >= 4 is 19.8 Å². The molecule has 0 bridgehead atoms. The van der Waals surface area contributed by atoms with Crippen molar-refractivity contribution in [2.75, 3.05) is 47.5 Å². The van der Waals surface area contributed by atoms with Crippen LogP contribution in [0.4, 0.5) is 0 Å². The Morgan fingerprint density at radius 2 is 0.982 bits per heavy atom. The topological polar surface area (TPSA) is 111 Å². The van der Waals surface area contributed by atoms with Gasteiger partial charge in [0.05, 0.1) is 27.7 Å². The van der Waals surface area contributed by atoms with Crippen molar-refractivity contribution in [2.45, 2.75) is 187 Å². The predicted octanol–water partition coefficient (Wildman–Crippen LogP) is 12.1. The highest BCUT2D eigenvalue weighted by Crippen LogP contribution is 2.38. The van der Waals surface area contributed by atoms with Crippen LogP contribution in [0.25, 0.3) is 0 Å². The van der Waals surface area contributed by atoms with E-state index in [1.54, 1.807) is 0 Å². The van der Waals surface area contributed by atoms with Crippen LogP contribution in [0.2, 0.25) is 0 Å². The molecule has 0 aromatic heterocycles. The monoisotopic (exact) mass is 810 g/mol. The number of unbranched alkanes of at least 4 members (excludes halogenated alkanes) is 18. The first-order valence-corrected chi connectivity index (χ1v) is 23.8. The molecule has 0 aromatic carbocycles. The van der Waals surface area contributed by atoms with Crippen molar-refractivity contribution in [3.05, 3.63) is 48.6 Å². The van der Waals surface area contributed by atoms with Gasteiger partial charge in [-0.05, 0) is 70.6 Å². The van der Waals surface area contributed by atoms with Crippen molar-refractivity contribution < 1.29 is 42.1 Å². The number of likely N-dealkylation sites (N-methyl/N-ethyl adjacent to an activating group) is 1. The van der Waals surface area contributed by atoms with Gasteiger partial charge in [0.1, 0.15) is 19.8 Å². The lowest BCUT2D eigenvalue weighted by Crippen LogP contribution is -2.37. The van der Waals surface area contributed by atoms with E-state index < -0.39 is 32.5 Å². The summed E-state index contributed by atoms with van der Waals surface area (Å²) in [5, 5.41) is 0. The van der Waals surface area contributed by atoms with Gasteiger partial charge in [0.15, 0.2) is 6.10 Å². The average Bonchev–Trinajstić information content (AvgIpc) is 3.15. The van der Waals surface area contributed by atoms with Gasteiger partial charge in [-0.1, -0.05) is 146 Å². The maximum atomic E-state index is 12.7. The zero-order chi connectivity index (χ0) is 41.4. The molecule has 0 aliphatic rings. The van der Waals surface area contributed by atoms with Crippen LogP contribution in [0.5, 0.6) is 0 Å². The Kier molecular flexibility index (Phi) is 37.1. The summed E-state index contributed by atoms with van der Waals surface area (Å²) in [6.45, 7) is 4.14. The quantitative estimate of drug-likeness (QED) is 0.0198. The summed E-state index contributed by atoms with van der Waals surface area (Å²) < 4.78 is 33.9. The molecule has 326 valence electrons. The molecule has 0 aliphatic heterocycles. The summed E-state index contributed by atoms with van der Waals surface area (Å²) in [4.78, 5) is 37.5. The van der Waals surface area contributed by atoms with Crippen LogP contribution >= 0.6 is 7.82 Å². The molecule has 0 spiro atoms. The van der Waals surface area contributed by atoms with E-state index in [2.05, 4.69) is 62.5 Å². The van der Waals surface area contributed by atoms with Gasteiger partial charge in [-0.15, -0.1) is 0 Å². The first-order chi connectivity index (χ1) is 27.0. The molecule has 0 aliphatic carbocycles. The molecule has 2 atom stereocenters. The van der Waals surface area contributed by atoms with Crippen LogP contribution in [0.3, 0.4) is 0 Å². The van der Waals surface area contributed by atoms with E-state index >= 15 is 0 Å². The molecule has 0 saturated heterocycles. The second-order valence-corrected chi connectivity index (χ2v) is 17.5. The second-order valence-electron chi connectivity index (χ2n) is 16.1. The Morgan fingerprint density at radius 1 is 0.554 bits per heavy atom. The molecule has 0 amide bonds. The molecule has 0 rings (SSSR count). The Morgan fingerprint density at radius 3 is 1.46 bits per heavy atom. The first kappa shape index (κ1) is 54.0. The fraction of sp³-hybridized carbons (Fsp3) is 0.783. The molecule has 10 heteroatoms. The van der Waals surface area contributed by atoms with E-state index in [4.69, 9.17) is 18.5 Å². The highest BCUT2D eigenvalue weighted by Gasteiger charge is 2.21. The Bertz CT molecular complexity index is 1100. The summed E-state index contributed by atoms with van der Waals surface area (Å²) in [5.41, 5.74) is 0. The number of ether oxygens (including phenoxy) is 2. The number of nitrogens with zero attached hydrogens (tertiary/aromatic N) is 1. The number of quaternary nitrogens is 1. The minimum Gasteiger partial charge on any atom is -0.756 e. The summed E-state index contributed by atoms with van der Waals surface area (Å²) in [7, 11) is 1.15. The summed E-state index contributed by atoms with van der Waals surface area (Å²) in [6.07, 6.45) is 44.1. The second kappa shape index (κ2) is 38.5. The lowest BCUT2D eigenvalue weighted by atomic mass is 10.1. The number of carbonyl (C=O) groups excluding carboxylic acids is 2. The zero-order valence-electron chi connectivity index (χ0n) is 36.6. The van der Waals surface area contributed by atoms with Gasteiger partial charge >= 0.3 is 11.9 Å². The number of hydrogen-bond acceptors (Lipinski definition) is 8. The van der Waals surface area contributed by atoms with E-state index in [0.717, 1.165) is 77.0 Å². The Balaban J connectivity index is 4.38. The predicted molar refractivity (Wildman–Crippen MR) is 231 cm³/mol. The summed E-state index contributed by atoms with van der Waals surface area (Å²) in [5.74, 6) is -0.861. The maximum absolute atomic E-state index is 12.7. The van der Waals surface area contributed by atoms with E-state index in [9.17, 15) is 19.0 Å². The highest BCUT2D eigenvalue weighted by molar-refractivity contribution is 7.45. The number of hydrogen-bond donors (Lipinski definition) is 0. The number of phosphoric ester groups is 1. The van der Waals surface area contributed by atoms with Crippen molar-refractivity contribution in [2.24, 2.45) is 0 Å². The largest absolute Gasteiger partial charge is 0.756 e. The normalized spacial score (nSPS) is 14.0. The molecule has 0 N–H and O–H groups in total. The zero-order valence-corrected chi connectivity index (χ0v) is 37.5. The molecule has 0 fully saturated rings. The number of rotatable bonds is 40. The van der Waals surface area contributed by atoms with Gasteiger partial charge in [-0.25, -0.2) is 0 Å². The van der Waals surface area contributed by atoms with Crippen LogP contribution in [-0.2, 0) is 32.7 Å². The average molecular weight is 810 g/mol. The third-order valence-corrected chi connectivity index (χ3v) is 10.3. The van der Waals surface area contributed by atoms with Gasteiger partial charge in [0.25, 0.3) is 7.82 Å². The standard InChI is InChI=1S/C46H84NO8P/c1-6-8-10-12-14-16-18-20-22-23-24-25-27-29-31-33-35-37-39-46(49)55-44(43-54-56(50,51)53-41-40-47(3,4)5)42-52-45(48)38-36-34-32-30-28-26-21-19-17-15-13-11-9-7-2/h13,15-16,18-19,21-23,44H,6-12,14,17,20,24-43H2,1-5H3/b15-13-,18-16-,21-19-,23-22-. The Labute approximate surface area is 343 Å². The fourth-order valence-corrected chi connectivity index (χ4v) is 6.49. The third-order valence-electron chi connectivity index (χ3n) is 9.32. The van der Waals surface area contributed by atoms with Crippen LogP contribution < -0.4 is 4.89 Å². The first-order valence-electron chi connectivity index (χ1n) is 22.3. The molecular formula is C46H84NO8P. The molecule has 0 radical (unpaired) electrons. The smallest absolute Gasteiger partial charge is 0.306 e. The number of allylic oxidation sites excluding steroid dienone is 8. The number of carbonyl (C=O) groups is 2. The minimum atomic E-state index is -4.63. The lowest BCUT2D eigenvalue weighted by molar-refractivity contribution is -0.870. The Hall–Kier alpha value is -2.03. The van der Waals surface area contributed by atoms with Crippen LogP contribution in [0, 0.1) is 0 Å². The van der Waals surface area contributed by atoms with E-state index in [1.807, 2.05) is 21.1 Å². The van der Waals surface area contributed by atoms with E-state index in [1.165, 1.54) is 64.2 Å². The molecule has 0 heterocycles. The maximum Gasteiger partial charge on any atom is 0.306 e. The van der Waals surface area contributed by atoms with E-state index in [-0.39, 0.29) is 26.1 Å². The fourth-order valence-electron chi connectivity index (χ4n) is 5.76. The van der Waals surface area contributed by atoms with Gasteiger partial charge in [0, 0.05) is 12.8 Å². The van der Waals surface area contributed by atoms with E-state index in [0.29, 0.717) is 23.9 Å². The molecule has 9 nitrogen and oxygen atoms in total. The molecular weight excluding hydrogens is 725 g/mol. The highest BCUT2D eigenvalue weighted by atomic mass is 31.2. The van der Waals surface area contributed by atoms with Crippen molar-refractivity contribution in [3.8, 4) is 0 Å². The van der Waals surface area contributed by atoms with Crippen LogP contribution in [0.1, 0.15) is 181 Å². The van der Waals surface area contributed by atoms with Gasteiger partial charge in [-0.2, -0.15) is 0 Å². The van der Waals surface area contributed by atoms with Crippen molar-refractivity contribution in [3.63, 3.8) is 0 Å². The number of esters is 2. The van der Waals surface area contributed by atoms with Crippen LogP contribution in [-0.4, -0.2) is 70.0 Å². The molecule has 0 saturated carbocycles. The minimum absolute atomic E-state index is 0.0363. The number of phosphoric acid groups is 1. The van der Waals surface area contributed by atoms with Crippen LogP contribution in [0.15, 0.2) is 48.6 Å². The van der Waals surface area contributed by atoms with Crippen molar-refractivity contribution in [1.29, 1.82) is 0 Å². The lowest BCUT2D eigenvalue weighted by Gasteiger charge is -2.28. The van der Waals surface area contributed by atoms with Gasteiger partial charge in [-0.3, -0.25) is 14.2 Å². The van der Waals surface area contributed by atoms with Gasteiger partial charge in [0.2, 0.25) is 0 Å².